The summed E-state index contributed by atoms with van der Waals surface area (Å²) in [6.45, 7) is 4.25. The summed E-state index contributed by atoms with van der Waals surface area (Å²) in [6.07, 6.45) is 3.82. The molecule has 1 heterocycles. The second-order valence-electron chi connectivity index (χ2n) is 6.73. The van der Waals surface area contributed by atoms with E-state index in [2.05, 4.69) is 6.92 Å². The summed E-state index contributed by atoms with van der Waals surface area (Å²) in [6, 6.07) is 12.4. The van der Waals surface area contributed by atoms with Gasteiger partial charge in [-0.2, -0.15) is 0 Å². The van der Waals surface area contributed by atoms with Crippen LogP contribution in [0.25, 0.3) is 6.08 Å². The molecule has 1 aliphatic rings. The zero-order valence-electron chi connectivity index (χ0n) is 17.1. The molecule has 1 fully saturated rings. The number of rotatable bonds is 8. The van der Waals surface area contributed by atoms with Gasteiger partial charge in [-0.15, -0.1) is 0 Å². The van der Waals surface area contributed by atoms with Gasteiger partial charge in [-0.25, -0.2) is 0 Å². The number of carbonyl (C=O) groups is 2. The molecule has 0 saturated carbocycles. The van der Waals surface area contributed by atoms with E-state index in [-0.39, 0.29) is 11.7 Å². The molecular formula is C23H23NO4S2. The second kappa shape index (κ2) is 9.91. The van der Waals surface area contributed by atoms with Crippen LogP contribution in [0.2, 0.25) is 0 Å². The van der Waals surface area contributed by atoms with Gasteiger partial charge in [0.2, 0.25) is 0 Å². The van der Waals surface area contributed by atoms with Crippen molar-refractivity contribution in [3.8, 4) is 11.5 Å². The molecule has 0 N–H and O–H groups in total. The van der Waals surface area contributed by atoms with Crippen molar-refractivity contribution in [2.45, 2.75) is 26.7 Å². The van der Waals surface area contributed by atoms with Gasteiger partial charge in [0.15, 0.2) is 21.6 Å². The monoisotopic (exact) mass is 441 g/mol. The summed E-state index contributed by atoms with van der Waals surface area (Å²) in [5.41, 5.74) is 2.05. The number of methoxy groups -OCH3 is 1. The van der Waals surface area contributed by atoms with Crippen LogP contribution in [0.1, 0.15) is 42.6 Å². The first-order chi connectivity index (χ1) is 14.4. The fourth-order valence-corrected chi connectivity index (χ4v) is 4.21. The highest BCUT2D eigenvalue weighted by Gasteiger charge is 2.33. The third kappa shape index (κ3) is 4.91. The molecule has 0 radical (unpaired) electrons. The Bertz CT molecular complexity index is 999. The molecule has 1 aliphatic heterocycles. The van der Waals surface area contributed by atoms with Crippen molar-refractivity contribution in [2.24, 2.45) is 0 Å². The topological polar surface area (TPSA) is 55.8 Å². The molecule has 0 spiro atoms. The summed E-state index contributed by atoms with van der Waals surface area (Å²) >= 11 is 6.67. The van der Waals surface area contributed by atoms with Crippen molar-refractivity contribution in [1.82, 2.24) is 0 Å². The Labute approximate surface area is 186 Å². The number of ether oxygens (including phenoxy) is 2. The third-order valence-corrected chi connectivity index (χ3v) is 5.87. The number of hydrogen-bond donors (Lipinski definition) is 0. The van der Waals surface area contributed by atoms with Crippen LogP contribution in [0.3, 0.4) is 0 Å². The highest BCUT2D eigenvalue weighted by molar-refractivity contribution is 8.27. The third-order valence-electron chi connectivity index (χ3n) is 4.57. The van der Waals surface area contributed by atoms with Gasteiger partial charge in [0.25, 0.3) is 5.91 Å². The molecule has 2 aromatic carbocycles. The molecule has 0 bridgehead atoms. The standard InChI is InChI=1S/C23H23NO4S2/c1-4-5-12-28-19-11-6-16(13-20(19)27-3)14-21-22(26)24(23(29)30-21)18-9-7-17(8-10-18)15(2)25/h6-11,13-14H,4-5,12H2,1-3H3. The van der Waals surface area contributed by atoms with Crippen molar-refractivity contribution in [3.63, 3.8) is 0 Å². The van der Waals surface area contributed by atoms with Gasteiger partial charge in [-0.3, -0.25) is 14.5 Å². The minimum Gasteiger partial charge on any atom is -0.493 e. The molecule has 0 aromatic heterocycles. The van der Waals surface area contributed by atoms with Crippen molar-refractivity contribution >= 4 is 51.8 Å². The quantitative estimate of drug-likeness (QED) is 0.234. The zero-order valence-corrected chi connectivity index (χ0v) is 18.8. The van der Waals surface area contributed by atoms with Crippen LogP contribution >= 0.6 is 24.0 Å². The normalized spacial score (nSPS) is 15.0. The number of amides is 1. The predicted molar refractivity (Wildman–Crippen MR) is 125 cm³/mol. The fourth-order valence-electron chi connectivity index (χ4n) is 2.91. The minimum absolute atomic E-state index is 0.0251. The Balaban J connectivity index is 1.81. The number of unbranched alkanes of at least 4 members (excludes halogenated alkanes) is 1. The summed E-state index contributed by atoms with van der Waals surface area (Å²) in [7, 11) is 1.59. The molecule has 1 saturated heterocycles. The van der Waals surface area contributed by atoms with E-state index in [9.17, 15) is 9.59 Å². The Morgan fingerprint density at radius 1 is 1.17 bits per heavy atom. The van der Waals surface area contributed by atoms with Crippen molar-refractivity contribution in [2.75, 3.05) is 18.6 Å². The molecule has 2 aromatic rings. The lowest BCUT2D eigenvalue weighted by Crippen LogP contribution is -2.27. The first-order valence-corrected chi connectivity index (χ1v) is 10.9. The average molecular weight is 442 g/mol. The number of thioether (sulfide) groups is 1. The number of anilines is 1. The molecule has 0 aliphatic carbocycles. The van der Waals surface area contributed by atoms with Gasteiger partial charge in [-0.1, -0.05) is 43.4 Å². The Hall–Kier alpha value is -2.64. The maximum atomic E-state index is 13.0. The van der Waals surface area contributed by atoms with E-state index >= 15 is 0 Å². The number of thiocarbonyl (C=S) groups is 1. The van der Waals surface area contributed by atoms with Crippen LogP contribution in [0, 0.1) is 0 Å². The number of hydrogen-bond acceptors (Lipinski definition) is 6. The lowest BCUT2D eigenvalue weighted by molar-refractivity contribution is -0.113. The summed E-state index contributed by atoms with van der Waals surface area (Å²) < 4.78 is 11.7. The number of carbonyl (C=O) groups excluding carboxylic acids is 2. The van der Waals surface area contributed by atoms with E-state index in [0.717, 1.165) is 18.4 Å². The maximum absolute atomic E-state index is 13.0. The van der Waals surface area contributed by atoms with Crippen LogP contribution in [0.15, 0.2) is 47.4 Å². The maximum Gasteiger partial charge on any atom is 0.270 e. The average Bonchev–Trinajstić information content (AvgIpc) is 3.02. The minimum atomic E-state index is -0.192. The molecule has 30 heavy (non-hydrogen) atoms. The fraction of sp³-hybridized carbons (Fsp3) is 0.261. The first kappa shape index (κ1) is 22.1. The number of nitrogens with zero attached hydrogens (tertiary/aromatic N) is 1. The second-order valence-corrected chi connectivity index (χ2v) is 8.41. The molecule has 0 atom stereocenters. The Kier molecular flexibility index (Phi) is 7.29. The summed E-state index contributed by atoms with van der Waals surface area (Å²) in [5, 5.41) is 0. The molecule has 1 amide bonds. The van der Waals surface area contributed by atoms with Gasteiger partial charge in [-0.05, 0) is 61.4 Å². The van der Waals surface area contributed by atoms with Gasteiger partial charge in [0.05, 0.1) is 24.3 Å². The highest BCUT2D eigenvalue weighted by Crippen LogP contribution is 2.37. The van der Waals surface area contributed by atoms with Crippen LogP contribution in [-0.4, -0.2) is 29.7 Å². The van der Waals surface area contributed by atoms with Crippen LogP contribution in [0.4, 0.5) is 5.69 Å². The number of Topliss-reactive ketones (excluding diaryl/α,β-unsaturated/α-hetero) is 1. The van der Waals surface area contributed by atoms with Crippen molar-refractivity contribution in [3.05, 3.63) is 58.5 Å². The van der Waals surface area contributed by atoms with Crippen LogP contribution < -0.4 is 14.4 Å². The molecule has 5 nitrogen and oxygen atoms in total. The molecule has 0 unspecified atom stereocenters. The van der Waals surface area contributed by atoms with Gasteiger partial charge in [0, 0.05) is 5.56 Å². The Morgan fingerprint density at radius 2 is 1.90 bits per heavy atom. The number of ketones is 1. The molecule has 3 rings (SSSR count). The highest BCUT2D eigenvalue weighted by atomic mass is 32.2. The summed E-state index contributed by atoms with van der Waals surface area (Å²) in [5.74, 6) is 1.09. The van der Waals surface area contributed by atoms with Crippen LogP contribution in [-0.2, 0) is 4.79 Å². The van der Waals surface area contributed by atoms with Crippen molar-refractivity contribution in [1.29, 1.82) is 0 Å². The summed E-state index contributed by atoms with van der Waals surface area (Å²) in [4.78, 5) is 26.4. The van der Waals surface area contributed by atoms with E-state index < -0.39 is 0 Å². The lowest BCUT2D eigenvalue weighted by atomic mass is 10.1. The van der Waals surface area contributed by atoms with E-state index in [1.54, 1.807) is 37.5 Å². The van der Waals surface area contributed by atoms with Gasteiger partial charge >= 0.3 is 0 Å². The van der Waals surface area contributed by atoms with E-state index in [1.165, 1.54) is 23.6 Å². The van der Waals surface area contributed by atoms with Gasteiger partial charge in [0.1, 0.15) is 0 Å². The zero-order chi connectivity index (χ0) is 21.7. The predicted octanol–water partition coefficient (Wildman–Crippen LogP) is 5.48. The van der Waals surface area contributed by atoms with E-state index in [4.69, 9.17) is 21.7 Å². The Morgan fingerprint density at radius 3 is 2.53 bits per heavy atom. The lowest BCUT2D eigenvalue weighted by Gasteiger charge is -2.14. The van der Waals surface area contributed by atoms with Gasteiger partial charge < -0.3 is 9.47 Å². The van der Waals surface area contributed by atoms with E-state index in [1.807, 2.05) is 18.2 Å². The SMILES string of the molecule is CCCCOc1ccc(C=C2SC(=S)N(c3ccc(C(C)=O)cc3)C2=O)cc1OC. The van der Waals surface area contributed by atoms with E-state index in [0.29, 0.717) is 38.6 Å². The van der Waals surface area contributed by atoms with Crippen LogP contribution in [0.5, 0.6) is 11.5 Å². The molecule has 7 heteroatoms. The number of benzene rings is 2. The first-order valence-electron chi connectivity index (χ1n) is 9.64. The largest absolute Gasteiger partial charge is 0.493 e. The smallest absolute Gasteiger partial charge is 0.270 e. The molecule has 156 valence electrons. The van der Waals surface area contributed by atoms with Crippen molar-refractivity contribution < 1.29 is 19.1 Å². The molecular weight excluding hydrogens is 418 g/mol.